The van der Waals surface area contributed by atoms with Crippen LogP contribution in [0.2, 0.25) is 0 Å². The topological polar surface area (TPSA) is 16.4 Å². The fraction of sp³-hybridized carbons (Fsp3) is 0.714. The molecule has 1 aliphatic heterocycles. The Morgan fingerprint density at radius 3 is 2.75 bits per heavy atom. The zero-order valence-corrected chi connectivity index (χ0v) is 10.3. The van der Waals surface area contributed by atoms with Crippen molar-refractivity contribution in [2.24, 2.45) is 0 Å². The van der Waals surface area contributed by atoms with Crippen molar-refractivity contribution in [1.29, 1.82) is 0 Å². The van der Waals surface area contributed by atoms with Crippen molar-refractivity contribution < 1.29 is 4.42 Å². The highest BCUT2D eigenvalue weighted by atomic mass is 16.3. The highest BCUT2D eigenvalue weighted by Gasteiger charge is 2.20. The lowest BCUT2D eigenvalue weighted by atomic mass is 9.99. The molecule has 2 nitrogen and oxygen atoms in total. The summed E-state index contributed by atoms with van der Waals surface area (Å²) < 4.78 is 5.16. The molecule has 1 aromatic rings. The molecule has 0 spiro atoms. The van der Waals surface area contributed by atoms with Gasteiger partial charge in [-0.2, -0.15) is 0 Å². The van der Waals surface area contributed by atoms with Gasteiger partial charge >= 0.3 is 0 Å². The van der Waals surface area contributed by atoms with E-state index in [0.29, 0.717) is 0 Å². The van der Waals surface area contributed by atoms with Gasteiger partial charge in [-0.05, 0) is 50.4 Å². The van der Waals surface area contributed by atoms with Crippen molar-refractivity contribution >= 4 is 0 Å². The van der Waals surface area contributed by atoms with Crippen molar-refractivity contribution in [2.45, 2.75) is 51.5 Å². The number of hydrogen-bond donors (Lipinski definition) is 0. The summed E-state index contributed by atoms with van der Waals surface area (Å²) >= 11 is 0. The summed E-state index contributed by atoms with van der Waals surface area (Å²) in [7, 11) is 0. The Kier molecular flexibility index (Phi) is 4.46. The van der Waals surface area contributed by atoms with Crippen molar-refractivity contribution in [2.75, 3.05) is 13.1 Å². The quantitative estimate of drug-likeness (QED) is 0.757. The number of hydrogen-bond acceptors (Lipinski definition) is 2. The monoisotopic (exact) mass is 221 g/mol. The predicted octanol–water partition coefficient (Wildman–Crippen LogP) is 3.48. The third-order valence-corrected chi connectivity index (χ3v) is 3.58. The van der Waals surface area contributed by atoms with E-state index in [1.807, 2.05) is 6.26 Å². The normalized spacial score (nSPS) is 19.8. The van der Waals surface area contributed by atoms with E-state index in [1.54, 1.807) is 6.26 Å². The Hall–Kier alpha value is -0.760. The molecule has 1 aliphatic rings. The zero-order valence-electron chi connectivity index (χ0n) is 10.3. The maximum Gasteiger partial charge on any atom is 0.0935 e. The Labute approximate surface area is 98.6 Å². The summed E-state index contributed by atoms with van der Waals surface area (Å²) in [5.41, 5.74) is 1.35. The van der Waals surface area contributed by atoms with Gasteiger partial charge in [-0.3, -0.25) is 0 Å². The average molecular weight is 221 g/mol. The van der Waals surface area contributed by atoms with Crippen molar-refractivity contribution in [1.82, 2.24) is 4.90 Å². The molecule has 0 radical (unpaired) electrons. The molecule has 0 saturated carbocycles. The molecule has 0 aliphatic carbocycles. The summed E-state index contributed by atoms with van der Waals surface area (Å²) in [6.45, 7) is 4.87. The van der Waals surface area contributed by atoms with Crippen LogP contribution < -0.4 is 0 Å². The highest BCUT2D eigenvalue weighted by molar-refractivity contribution is 5.07. The van der Waals surface area contributed by atoms with Crippen LogP contribution in [-0.2, 0) is 6.42 Å². The second kappa shape index (κ2) is 6.09. The van der Waals surface area contributed by atoms with Gasteiger partial charge in [-0.1, -0.05) is 19.8 Å². The fourth-order valence-corrected chi connectivity index (χ4v) is 2.71. The molecular formula is C14H23NO. The minimum atomic E-state index is 0.725. The molecule has 2 rings (SSSR count). The molecule has 0 aromatic carbocycles. The fourth-order valence-electron chi connectivity index (χ4n) is 2.71. The summed E-state index contributed by atoms with van der Waals surface area (Å²) in [5.74, 6) is 0. The van der Waals surface area contributed by atoms with Crippen LogP contribution in [0.25, 0.3) is 0 Å². The zero-order chi connectivity index (χ0) is 11.2. The lowest BCUT2D eigenvalue weighted by molar-refractivity contribution is 0.153. The minimum absolute atomic E-state index is 0.725. The first-order valence-electron chi connectivity index (χ1n) is 6.65. The van der Waals surface area contributed by atoms with Gasteiger partial charge in [0.2, 0.25) is 0 Å². The molecule has 1 aromatic heterocycles. The van der Waals surface area contributed by atoms with E-state index in [1.165, 1.54) is 50.8 Å². The van der Waals surface area contributed by atoms with Crippen molar-refractivity contribution in [3.63, 3.8) is 0 Å². The second-order valence-corrected chi connectivity index (χ2v) is 4.87. The van der Waals surface area contributed by atoms with Gasteiger partial charge in [0.1, 0.15) is 0 Å². The van der Waals surface area contributed by atoms with Crippen molar-refractivity contribution in [3.05, 3.63) is 24.2 Å². The molecule has 90 valence electrons. The van der Waals surface area contributed by atoms with E-state index >= 15 is 0 Å². The van der Waals surface area contributed by atoms with Gasteiger partial charge in [-0.15, -0.1) is 0 Å². The van der Waals surface area contributed by atoms with Crippen molar-refractivity contribution in [3.8, 4) is 0 Å². The lowest BCUT2D eigenvalue weighted by Crippen LogP contribution is -2.40. The third kappa shape index (κ3) is 3.11. The summed E-state index contributed by atoms with van der Waals surface area (Å²) in [6, 6.07) is 2.83. The smallest absolute Gasteiger partial charge is 0.0935 e. The molecular weight excluding hydrogens is 198 g/mol. The molecule has 1 fully saturated rings. The van der Waals surface area contributed by atoms with E-state index in [0.717, 1.165) is 12.5 Å². The van der Waals surface area contributed by atoms with E-state index in [-0.39, 0.29) is 0 Å². The first-order valence-corrected chi connectivity index (χ1v) is 6.65. The molecule has 1 unspecified atom stereocenters. The van der Waals surface area contributed by atoms with Crippen LogP contribution in [0.15, 0.2) is 23.0 Å². The first-order chi connectivity index (χ1) is 7.90. The van der Waals surface area contributed by atoms with Gasteiger partial charge in [0.05, 0.1) is 12.5 Å². The molecule has 0 amide bonds. The van der Waals surface area contributed by atoms with Crippen LogP contribution in [0.5, 0.6) is 0 Å². The van der Waals surface area contributed by atoms with Crippen LogP contribution in [0.3, 0.4) is 0 Å². The standard InChI is InChI=1S/C14H23NO/c1-2-6-14(11-13-7-10-16-12-13)15-8-4-3-5-9-15/h7,10,12,14H,2-6,8-9,11H2,1H3. The van der Waals surface area contributed by atoms with E-state index in [2.05, 4.69) is 17.9 Å². The Balaban J connectivity index is 1.92. The molecule has 2 heteroatoms. The summed E-state index contributed by atoms with van der Waals surface area (Å²) in [4.78, 5) is 2.68. The Morgan fingerprint density at radius 2 is 2.12 bits per heavy atom. The van der Waals surface area contributed by atoms with Crippen LogP contribution >= 0.6 is 0 Å². The first kappa shape index (κ1) is 11.7. The number of furan rings is 1. The second-order valence-electron chi connectivity index (χ2n) is 4.87. The number of piperidine rings is 1. The Morgan fingerprint density at radius 1 is 1.31 bits per heavy atom. The largest absolute Gasteiger partial charge is 0.472 e. The van der Waals surface area contributed by atoms with Crippen LogP contribution in [0.4, 0.5) is 0 Å². The number of nitrogens with zero attached hydrogens (tertiary/aromatic N) is 1. The molecule has 2 heterocycles. The third-order valence-electron chi connectivity index (χ3n) is 3.58. The van der Waals surface area contributed by atoms with Crippen LogP contribution in [0, 0.1) is 0 Å². The van der Waals surface area contributed by atoms with Gasteiger partial charge in [0.15, 0.2) is 0 Å². The maximum atomic E-state index is 5.16. The van der Waals surface area contributed by atoms with Crippen LogP contribution in [-0.4, -0.2) is 24.0 Å². The van der Waals surface area contributed by atoms with E-state index in [9.17, 15) is 0 Å². The lowest BCUT2D eigenvalue weighted by Gasteiger charge is -2.34. The average Bonchev–Trinajstić information content (AvgIpc) is 2.83. The summed E-state index contributed by atoms with van der Waals surface area (Å²) in [5, 5.41) is 0. The molecule has 0 N–H and O–H groups in total. The number of likely N-dealkylation sites (tertiary alicyclic amines) is 1. The summed E-state index contributed by atoms with van der Waals surface area (Å²) in [6.07, 6.45) is 11.6. The Bertz CT molecular complexity index is 275. The predicted molar refractivity (Wildman–Crippen MR) is 66.5 cm³/mol. The van der Waals surface area contributed by atoms with Gasteiger partial charge in [-0.25, -0.2) is 0 Å². The van der Waals surface area contributed by atoms with Gasteiger partial charge in [0.25, 0.3) is 0 Å². The van der Waals surface area contributed by atoms with Gasteiger partial charge < -0.3 is 9.32 Å². The highest BCUT2D eigenvalue weighted by Crippen LogP contribution is 2.19. The SMILES string of the molecule is CCCC(Cc1ccoc1)N1CCCCC1. The number of rotatable bonds is 5. The molecule has 0 bridgehead atoms. The van der Waals surface area contributed by atoms with E-state index < -0.39 is 0 Å². The molecule has 1 saturated heterocycles. The van der Waals surface area contributed by atoms with Gasteiger partial charge in [0, 0.05) is 6.04 Å². The van der Waals surface area contributed by atoms with Crippen LogP contribution in [0.1, 0.15) is 44.6 Å². The van der Waals surface area contributed by atoms with E-state index in [4.69, 9.17) is 4.42 Å². The minimum Gasteiger partial charge on any atom is -0.472 e. The molecule has 1 atom stereocenters. The maximum absolute atomic E-state index is 5.16. The molecule has 16 heavy (non-hydrogen) atoms.